The lowest BCUT2D eigenvalue weighted by Gasteiger charge is -2.09. The molecule has 5 nitrogen and oxygen atoms in total. The number of aryl methyl sites for hydroxylation is 1. The molecule has 2 aromatic carbocycles. The second kappa shape index (κ2) is 6.58. The number of methoxy groups -OCH3 is 2. The molecule has 24 heavy (non-hydrogen) atoms. The molecule has 0 aliphatic carbocycles. The maximum absolute atomic E-state index is 12.1. The molecule has 0 bridgehead atoms. The highest BCUT2D eigenvalue weighted by molar-refractivity contribution is 6.13. The maximum Gasteiger partial charge on any atom is 0.363 e. The van der Waals surface area contributed by atoms with E-state index in [1.807, 2.05) is 43.3 Å². The van der Waals surface area contributed by atoms with Crippen LogP contribution in [0.5, 0.6) is 11.5 Å². The zero-order valence-corrected chi connectivity index (χ0v) is 13.7. The summed E-state index contributed by atoms with van der Waals surface area (Å²) in [5, 5.41) is 0. The van der Waals surface area contributed by atoms with Gasteiger partial charge < -0.3 is 14.2 Å². The summed E-state index contributed by atoms with van der Waals surface area (Å²) in [6.07, 6.45) is 1.63. The maximum atomic E-state index is 12.1. The van der Waals surface area contributed by atoms with Gasteiger partial charge in [0.1, 0.15) is 0 Å². The number of esters is 1. The molecule has 3 rings (SSSR count). The van der Waals surface area contributed by atoms with E-state index in [0.717, 1.165) is 11.1 Å². The molecule has 0 unspecified atom stereocenters. The first-order valence-corrected chi connectivity index (χ1v) is 7.43. The monoisotopic (exact) mass is 323 g/mol. The first kappa shape index (κ1) is 15.8. The van der Waals surface area contributed by atoms with E-state index in [1.165, 1.54) is 0 Å². The summed E-state index contributed by atoms with van der Waals surface area (Å²) < 4.78 is 15.9. The quantitative estimate of drug-likeness (QED) is 0.639. The van der Waals surface area contributed by atoms with E-state index in [-0.39, 0.29) is 5.70 Å². The molecule has 0 spiro atoms. The van der Waals surface area contributed by atoms with Crippen LogP contribution in [0, 0.1) is 6.92 Å². The Hall–Kier alpha value is -3.08. The fraction of sp³-hybridized carbons (Fsp3) is 0.158. The van der Waals surface area contributed by atoms with Gasteiger partial charge in [0.2, 0.25) is 5.90 Å². The topological polar surface area (TPSA) is 57.1 Å². The average molecular weight is 323 g/mol. The van der Waals surface area contributed by atoms with Gasteiger partial charge >= 0.3 is 5.97 Å². The van der Waals surface area contributed by atoms with Crippen LogP contribution in [0.4, 0.5) is 0 Å². The molecule has 0 N–H and O–H groups in total. The van der Waals surface area contributed by atoms with Gasteiger partial charge in [-0.1, -0.05) is 29.8 Å². The van der Waals surface area contributed by atoms with Crippen LogP contribution >= 0.6 is 0 Å². The normalized spacial score (nSPS) is 15.2. The van der Waals surface area contributed by atoms with Gasteiger partial charge in [-0.3, -0.25) is 0 Å². The lowest BCUT2D eigenvalue weighted by atomic mass is 10.1. The molecular formula is C19H17NO4. The average Bonchev–Trinajstić information content (AvgIpc) is 2.96. The first-order valence-electron chi connectivity index (χ1n) is 7.43. The van der Waals surface area contributed by atoms with Crippen LogP contribution in [0.1, 0.15) is 16.7 Å². The molecule has 1 aliphatic rings. The van der Waals surface area contributed by atoms with Gasteiger partial charge in [-0.2, -0.15) is 0 Å². The number of ether oxygens (including phenoxy) is 3. The Kier molecular flexibility index (Phi) is 4.33. The SMILES string of the molecule is COc1cccc(C=C2N=C(c3ccc(C)cc3)OC2=O)c1OC. The van der Waals surface area contributed by atoms with Crippen LogP contribution in [0.15, 0.2) is 53.2 Å². The number of cyclic esters (lactones) is 1. The van der Waals surface area contributed by atoms with Gasteiger partial charge in [0.25, 0.3) is 0 Å². The van der Waals surface area contributed by atoms with Gasteiger partial charge in [-0.15, -0.1) is 0 Å². The predicted octanol–water partition coefficient (Wildman–Crippen LogP) is 3.36. The standard InChI is InChI=1S/C19H17NO4/c1-12-7-9-13(10-8-12)18-20-15(19(21)24-18)11-14-5-4-6-16(22-2)17(14)23-3/h4-11H,1-3H3. The molecule has 0 saturated carbocycles. The summed E-state index contributed by atoms with van der Waals surface area (Å²) >= 11 is 0. The van der Waals surface area contributed by atoms with Crippen molar-refractivity contribution in [3.8, 4) is 11.5 Å². The summed E-state index contributed by atoms with van der Waals surface area (Å²) in [7, 11) is 3.11. The van der Waals surface area contributed by atoms with Gasteiger partial charge in [0.05, 0.1) is 14.2 Å². The summed E-state index contributed by atoms with van der Waals surface area (Å²) in [6, 6.07) is 13.1. The molecule has 0 atom stereocenters. The minimum atomic E-state index is -0.490. The zero-order valence-electron chi connectivity index (χ0n) is 13.7. The van der Waals surface area contributed by atoms with Crippen molar-refractivity contribution >= 4 is 17.9 Å². The van der Waals surface area contributed by atoms with E-state index in [9.17, 15) is 4.79 Å². The molecule has 0 fully saturated rings. The Morgan fingerprint density at radius 1 is 1.04 bits per heavy atom. The minimum absolute atomic E-state index is 0.220. The van der Waals surface area contributed by atoms with Crippen molar-refractivity contribution in [2.45, 2.75) is 6.92 Å². The molecule has 0 amide bonds. The van der Waals surface area contributed by atoms with Gasteiger partial charge in [-0.05, 0) is 31.2 Å². The summed E-state index contributed by atoms with van der Waals surface area (Å²) in [6.45, 7) is 1.99. The third-order valence-corrected chi connectivity index (χ3v) is 3.64. The number of nitrogens with zero attached hydrogens (tertiary/aromatic N) is 1. The smallest absolute Gasteiger partial charge is 0.363 e. The van der Waals surface area contributed by atoms with Crippen LogP contribution in [-0.4, -0.2) is 26.1 Å². The van der Waals surface area contributed by atoms with Crippen molar-refractivity contribution in [2.75, 3.05) is 14.2 Å². The van der Waals surface area contributed by atoms with Crippen LogP contribution in [-0.2, 0) is 9.53 Å². The van der Waals surface area contributed by atoms with Crippen LogP contribution < -0.4 is 9.47 Å². The molecule has 0 saturated heterocycles. The van der Waals surface area contributed by atoms with Gasteiger partial charge in [0.15, 0.2) is 17.2 Å². The minimum Gasteiger partial charge on any atom is -0.493 e. The molecular weight excluding hydrogens is 306 g/mol. The van der Waals surface area contributed by atoms with Crippen molar-refractivity contribution in [2.24, 2.45) is 4.99 Å². The van der Waals surface area contributed by atoms with Crippen molar-refractivity contribution in [1.29, 1.82) is 0 Å². The molecule has 122 valence electrons. The fourth-order valence-electron chi connectivity index (χ4n) is 2.40. The van der Waals surface area contributed by atoms with E-state index >= 15 is 0 Å². The third-order valence-electron chi connectivity index (χ3n) is 3.64. The molecule has 1 heterocycles. The van der Waals surface area contributed by atoms with E-state index in [0.29, 0.717) is 23.0 Å². The van der Waals surface area contributed by atoms with Crippen LogP contribution in [0.2, 0.25) is 0 Å². The molecule has 0 radical (unpaired) electrons. The summed E-state index contributed by atoms with van der Waals surface area (Å²) in [5.74, 6) is 0.934. The molecule has 2 aromatic rings. The van der Waals surface area contributed by atoms with Crippen molar-refractivity contribution in [3.63, 3.8) is 0 Å². The zero-order chi connectivity index (χ0) is 17.1. The Balaban J connectivity index is 1.99. The molecule has 5 heteroatoms. The second-order valence-electron chi connectivity index (χ2n) is 5.28. The van der Waals surface area contributed by atoms with E-state index in [1.54, 1.807) is 26.4 Å². The number of carbonyl (C=O) groups excluding carboxylic acids is 1. The predicted molar refractivity (Wildman–Crippen MR) is 91.3 cm³/mol. The largest absolute Gasteiger partial charge is 0.493 e. The lowest BCUT2D eigenvalue weighted by Crippen LogP contribution is -2.05. The van der Waals surface area contributed by atoms with E-state index in [4.69, 9.17) is 14.2 Å². The van der Waals surface area contributed by atoms with Crippen molar-refractivity contribution in [1.82, 2.24) is 0 Å². The Labute approximate surface area is 140 Å². The highest BCUT2D eigenvalue weighted by atomic mass is 16.6. The number of hydrogen-bond acceptors (Lipinski definition) is 5. The van der Waals surface area contributed by atoms with Gasteiger partial charge in [-0.25, -0.2) is 9.79 Å². The number of para-hydroxylation sites is 1. The van der Waals surface area contributed by atoms with Crippen LogP contribution in [0.3, 0.4) is 0 Å². The molecule has 1 aliphatic heterocycles. The number of rotatable bonds is 4. The van der Waals surface area contributed by atoms with Crippen LogP contribution in [0.25, 0.3) is 6.08 Å². The highest BCUT2D eigenvalue weighted by Gasteiger charge is 2.24. The van der Waals surface area contributed by atoms with Gasteiger partial charge in [0, 0.05) is 11.1 Å². The van der Waals surface area contributed by atoms with Crippen molar-refractivity contribution < 1.29 is 19.0 Å². The Morgan fingerprint density at radius 3 is 2.46 bits per heavy atom. The lowest BCUT2D eigenvalue weighted by molar-refractivity contribution is -0.129. The first-order chi connectivity index (χ1) is 11.6. The Bertz CT molecular complexity index is 835. The highest BCUT2D eigenvalue weighted by Crippen LogP contribution is 2.33. The van der Waals surface area contributed by atoms with Crippen molar-refractivity contribution in [3.05, 3.63) is 64.9 Å². The summed E-state index contributed by atoms with van der Waals surface area (Å²) in [4.78, 5) is 16.4. The van der Waals surface area contributed by atoms with E-state index < -0.39 is 5.97 Å². The second-order valence-corrected chi connectivity index (χ2v) is 5.28. The molecule has 0 aromatic heterocycles. The van der Waals surface area contributed by atoms with E-state index in [2.05, 4.69) is 4.99 Å². The Morgan fingerprint density at radius 2 is 1.79 bits per heavy atom. The summed E-state index contributed by atoms with van der Waals surface area (Å²) in [5.41, 5.74) is 2.80. The number of benzene rings is 2. The number of aliphatic imine (C=N–C) groups is 1. The number of carbonyl (C=O) groups is 1. The third kappa shape index (κ3) is 3.01. The fourth-order valence-corrected chi connectivity index (χ4v) is 2.40. The number of hydrogen-bond donors (Lipinski definition) is 0.